The Bertz CT molecular complexity index is 768. The van der Waals surface area contributed by atoms with Crippen molar-refractivity contribution in [3.63, 3.8) is 0 Å². The van der Waals surface area contributed by atoms with Gasteiger partial charge in [-0.3, -0.25) is 4.79 Å². The molecule has 1 heterocycles. The molecule has 0 aliphatic heterocycles. The monoisotopic (exact) mass is 249 g/mol. The van der Waals surface area contributed by atoms with Gasteiger partial charge in [0.15, 0.2) is 0 Å². The van der Waals surface area contributed by atoms with Crippen molar-refractivity contribution in [1.82, 2.24) is 10.2 Å². The zero-order chi connectivity index (χ0) is 13.2. The van der Waals surface area contributed by atoms with Gasteiger partial charge in [-0.25, -0.2) is 0 Å². The van der Waals surface area contributed by atoms with Crippen LogP contribution in [0, 0.1) is 0 Å². The molecule has 4 nitrogen and oxygen atoms in total. The van der Waals surface area contributed by atoms with E-state index in [0.717, 1.165) is 21.9 Å². The fraction of sp³-hybridized carbons (Fsp3) is 0. The lowest BCUT2D eigenvalue weighted by atomic mass is 9.98. The van der Waals surface area contributed by atoms with Gasteiger partial charge in [0.05, 0.1) is 12.4 Å². The van der Waals surface area contributed by atoms with Crippen molar-refractivity contribution in [3.05, 3.63) is 60.4 Å². The predicted octanol–water partition coefficient (Wildman–Crippen LogP) is 2.40. The number of nitrogens with zero attached hydrogens (tertiary/aromatic N) is 2. The van der Waals surface area contributed by atoms with E-state index in [1.165, 1.54) is 0 Å². The van der Waals surface area contributed by atoms with Gasteiger partial charge in [-0.05, 0) is 23.3 Å². The zero-order valence-corrected chi connectivity index (χ0v) is 10.1. The van der Waals surface area contributed by atoms with E-state index in [0.29, 0.717) is 5.56 Å². The highest BCUT2D eigenvalue weighted by Gasteiger charge is 2.09. The van der Waals surface area contributed by atoms with E-state index in [1.807, 2.05) is 30.3 Å². The molecule has 0 bridgehead atoms. The highest BCUT2D eigenvalue weighted by molar-refractivity contribution is 6.00. The maximum Gasteiger partial charge on any atom is 0.249 e. The van der Waals surface area contributed by atoms with Crippen LogP contribution in [0.5, 0.6) is 0 Å². The number of nitrogens with two attached hydrogens (primary N) is 1. The molecular weight excluding hydrogens is 238 g/mol. The van der Waals surface area contributed by atoms with Crippen molar-refractivity contribution in [2.45, 2.75) is 0 Å². The van der Waals surface area contributed by atoms with Crippen molar-refractivity contribution in [3.8, 4) is 11.1 Å². The summed E-state index contributed by atoms with van der Waals surface area (Å²) in [5.41, 5.74) is 7.69. The lowest BCUT2D eigenvalue weighted by Gasteiger charge is -2.07. The van der Waals surface area contributed by atoms with Gasteiger partial charge in [0.25, 0.3) is 0 Å². The van der Waals surface area contributed by atoms with Crippen molar-refractivity contribution < 1.29 is 4.79 Å². The first-order valence-electron chi connectivity index (χ1n) is 5.85. The second-order valence-electron chi connectivity index (χ2n) is 4.24. The van der Waals surface area contributed by atoms with Crippen LogP contribution in [0.4, 0.5) is 0 Å². The minimum absolute atomic E-state index is 0.427. The Balaban J connectivity index is 2.22. The SMILES string of the molecule is NC(=O)c1ccccc1-c1ccc2cnncc2c1. The fourth-order valence-electron chi connectivity index (χ4n) is 2.11. The second-order valence-corrected chi connectivity index (χ2v) is 4.24. The number of carbonyl (C=O) groups is 1. The van der Waals surface area contributed by atoms with E-state index in [4.69, 9.17) is 5.73 Å². The maximum atomic E-state index is 11.5. The quantitative estimate of drug-likeness (QED) is 0.758. The molecule has 0 aliphatic rings. The summed E-state index contributed by atoms with van der Waals surface area (Å²) < 4.78 is 0. The molecule has 19 heavy (non-hydrogen) atoms. The normalized spacial score (nSPS) is 10.5. The van der Waals surface area contributed by atoms with Crippen LogP contribution in [0.1, 0.15) is 10.4 Å². The number of amides is 1. The van der Waals surface area contributed by atoms with Crippen LogP contribution in [-0.2, 0) is 0 Å². The third-order valence-corrected chi connectivity index (χ3v) is 3.05. The number of benzene rings is 2. The van der Waals surface area contributed by atoms with Gasteiger partial charge in [0.1, 0.15) is 0 Å². The minimum atomic E-state index is -0.427. The molecule has 0 spiro atoms. The first-order valence-corrected chi connectivity index (χ1v) is 5.85. The highest BCUT2D eigenvalue weighted by Crippen LogP contribution is 2.26. The Labute approximate surface area is 109 Å². The third-order valence-electron chi connectivity index (χ3n) is 3.05. The molecule has 0 unspecified atom stereocenters. The molecule has 1 amide bonds. The molecule has 2 aromatic carbocycles. The molecule has 92 valence electrons. The van der Waals surface area contributed by atoms with E-state index < -0.39 is 5.91 Å². The largest absolute Gasteiger partial charge is 0.366 e. The molecule has 4 heteroatoms. The number of primary amides is 1. The summed E-state index contributed by atoms with van der Waals surface area (Å²) in [5, 5.41) is 9.69. The van der Waals surface area contributed by atoms with Gasteiger partial charge in [-0.15, -0.1) is 0 Å². The molecule has 0 aliphatic carbocycles. The molecule has 3 rings (SSSR count). The summed E-state index contributed by atoms with van der Waals surface area (Å²) in [6.45, 7) is 0. The molecule has 0 saturated carbocycles. The Kier molecular flexibility index (Phi) is 2.68. The van der Waals surface area contributed by atoms with Gasteiger partial charge < -0.3 is 5.73 Å². The Hall–Kier alpha value is -2.75. The van der Waals surface area contributed by atoms with E-state index in [9.17, 15) is 4.79 Å². The average Bonchev–Trinajstić information content (AvgIpc) is 2.46. The summed E-state index contributed by atoms with van der Waals surface area (Å²) in [7, 11) is 0. The molecule has 2 N–H and O–H groups in total. The number of hydrogen-bond acceptors (Lipinski definition) is 3. The van der Waals surface area contributed by atoms with Crippen LogP contribution >= 0.6 is 0 Å². The van der Waals surface area contributed by atoms with Crippen molar-refractivity contribution >= 4 is 16.7 Å². The van der Waals surface area contributed by atoms with Gasteiger partial charge in [0.2, 0.25) is 5.91 Å². The molecular formula is C15H11N3O. The van der Waals surface area contributed by atoms with Gasteiger partial charge in [-0.2, -0.15) is 10.2 Å². The summed E-state index contributed by atoms with van der Waals surface area (Å²) in [6, 6.07) is 13.2. The van der Waals surface area contributed by atoms with Crippen molar-refractivity contribution in [1.29, 1.82) is 0 Å². The summed E-state index contributed by atoms with van der Waals surface area (Å²) in [5.74, 6) is -0.427. The Morgan fingerprint density at radius 1 is 0.947 bits per heavy atom. The summed E-state index contributed by atoms with van der Waals surface area (Å²) in [4.78, 5) is 11.5. The number of aromatic nitrogens is 2. The number of rotatable bonds is 2. The topological polar surface area (TPSA) is 68.9 Å². The Morgan fingerprint density at radius 2 is 1.68 bits per heavy atom. The number of carbonyl (C=O) groups excluding carboxylic acids is 1. The van der Waals surface area contributed by atoms with Crippen LogP contribution in [0.15, 0.2) is 54.9 Å². The van der Waals surface area contributed by atoms with Crippen LogP contribution in [0.2, 0.25) is 0 Å². The minimum Gasteiger partial charge on any atom is -0.366 e. The van der Waals surface area contributed by atoms with Crippen molar-refractivity contribution in [2.24, 2.45) is 5.73 Å². The molecule has 0 atom stereocenters. The first-order chi connectivity index (χ1) is 9.25. The fourth-order valence-corrected chi connectivity index (χ4v) is 2.11. The van der Waals surface area contributed by atoms with E-state index >= 15 is 0 Å². The molecule has 0 radical (unpaired) electrons. The van der Waals surface area contributed by atoms with E-state index in [2.05, 4.69) is 10.2 Å². The summed E-state index contributed by atoms with van der Waals surface area (Å²) >= 11 is 0. The number of fused-ring (bicyclic) bond motifs is 1. The van der Waals surface area contributed by atoms with Crippen LogP contribution in [-0.4, -0.2) is 16.1 Å². The van der Waals surface area contributed by atoms with Crippen molar-refractivity contribution in [2.75, 3.05) is 0 Å². The third kappa shape index (κ3) is 2.04. The highest BCUT2D eigenvalue weighted by atomic mass is 16.1. The predicted molar refractivity (Wildman–Crippen MR) is 73.5 cm³/mol. The molecule has 1 aromatic heterocycles. The zero-order valence-electron chi connectivity index (χ0n) is 10.1. The first kappa shape index (κ1) is 11.3. The average molecular weight is 249 g/mol. The number of hydrogen-bond donors (Lipinski definition) is 1. The molecule has 0 saturated heterocycles. The lowest BCUT2D eigenvalue weighted by molar-refractivity contribution is 0.100. The van der Waals surface area contributed by atoms with Crippen LogP contribution in [0.25, 0.3) is 21.9 Å². The van der Waals surface area contributed by atoms with Crippen LogP contribution < -0.4 is 5.73 Å². The van der Waals surface area contributed by atoms with Gasteiger partial charge in [0, 0.05) is 16.3 Å². The molecule has 0 fully saturated rings. The standard InChI is InChI=1S/C15H11N3O/c16-15(19)14-4-2-1-3-13(14)10-5-6-11-8-17-18-9-12(11)7-10/h1-9H,(H2,16,19). The molecule has 3 aromatic rings. The maximum absolute atomic E-state index is 11.5. The van der Waals surface area contributed by atoms with E-state index in [1.54, 1.807) is 24.5 Å². The second kappa shape index (κ2) is 4.49. The van der Waals surface area contributed by atoms with E-state index in [-0.39, 0.29) is 0 Å². The van der Waals surface area contributed by atoms with Gasteiger partial charge >= 0.3 is 0 Å². The van der Waals surface area contributed by atoms with Crippen LogP contribution in [0.3, 0.4) is 0 Å². The summed E-state index contributed by atoms with van der Waals surface area (Å²) in [6.07, 6.45) is 3.41. The lowest BCUT2D eigenvalue weighted by Crippen LogP contribution is -2.12. The smallest absolute Gasteiger partial charge is 0.249 e. The van der Waals surface area contributed by atoms with Gasteiger partial charge in [-0.1, -0.05) is 30.3 Å². The Morgan fingerprint density at radius 3 is 2.47 bits per heavy atom.